The van der Waals surface area contributed by atoms with Crippen molar-refractivity contribution in [1.29, 1.82) is 0 Å². The number of primary amides is 1. The van der Waals surface area contributed by atoms with Crippen LogP contribution in [0.1, 0.15) is 28.2 Å². The summed E-state index contributed by atoms with van der Waals surface area (Å²) in [5.41, 5.74) is 9.31. The van der Waals surface area contributed by atoms with Gasteiger partial charge in [-0.3, -0.25) is 9.59 Å². The van der Waals surface area contributed by atoms with Crippen LogP contribution in [0.2, 0.25) is 0 Å². The van der Waals surface area contributed by atoms with E-state index in [0.29, 0.717) is 24.3 Å². The fraction of sp³-hybridized carbons (Fsp3) is 0.300. The first-order chi connectivity index (χ1) is 12.4. The molecular formula is C20H24N2O4. The summed E-state index contributed by atoms with van der Waals surface area (Å²) in [6.07, 6.45) is 2.38. The third kappa shape index (κ3) is 3.79. The molecule has 2 rings (SSSR count). The van der Waals surface area contributed by atoms with Crippen molar-refractivity contribution in [3.05, 3.63) is 53.9 Å². The lowest BCUT2D eigenvalue weighted by atomic mass is 9.98. The van der Waals surface area contributed by atoms with E-state index in [1.807, 2.05) is 35.8 Å². The monoisotopic (exact) mass is 356 g/mol. The van der Waals surface area contributed by atoms with Crippen LogP contribution in [0, 0.1) is 6.92 Å². The average molecular weight is 356 g/mol. The minimum atomic E-state index is -0.504. The molecular weight excluding hydrogens is 332 g/mol. The van der Waals surface area contributed by atoms with E-state index in [9.17, 15) is 9.59 Å². The number of amides is 1. The SMILES string of the molecule is C=CCn1c(C)c(C(N)=O)c(-c2ccc(OC)cc2)c1CCC(=O)OC. The Kier molecular flexibility index (Phi) is 6.22. The molecule has 1 aromatic carbocycles. The van der Waals surface area contributed by atoms with E-state index in [4.69, 9.17) is 15.2 Å². The van der Waals surface area contributed by atoms with Crippen LogP contribution in [0.15, 0.2) is 36.9 Å². The molecule has 2 N–H and O–H groups in total. The molecule has 0 saturated carbocycles. The Hall–Kier alpha value is -3.02. The summed E-state index contributed by atoms with van der Waals surface area (Å²) in [7, 11) is 2.95. The van der Waals surface area contributed by atoms with E-state index in [2.05, 4.69) is 6.58 Å². The van der Waals surface area contributed by atoms with Gasteiger partial charge in [-0.25, -0.2) is 0 Å². The Labute approximate surface area is 153 Å². The van der Waals surface area contributed by atoms with Gasteiger partial charge in [-0.2, -0.15) is 0 Å². The second kappa shape index (κ2) is 8.38. The number of ether oxygens (including phenoxy) is 2. The maximum atomic E-state index is 12.2. The fourth-order valence-corrected chi connectivity index (χ4v) is 3.13. The van der Waals surface area contributed by atoms with Gasteiger partial charge in [-0.15, -0.1) is 6.58 Å². The number of hydrogen-bond donors (Lipinski definition) is 1. The lowest BCUT2D eigenvalue weighted by molar-refractivity contribution is -0.140. The van der Waals surface area contributed by atoms with Crippen LogP contribution in [0.3, 0.4) is 0 Å². The van der Waals surface area contributed by atoms with Crippen LogP contribution in [-0.4, -0.2) is 30.7 Å². The molecule has 26 heavy (non-hydrogen) atoms. The quantitative estimate of drug-likeness (QED) is 0.582. The summed E-state index contributed by atoms with van der Waals surface area (Å²) in [6.45, 7) is 6.14. The van der Waals surface area contributed by atoms with Crippen molar-refractivity contribution in [2.24, 2.45) is 5.73 Å². The van der Waals surface area contributed by atoms with Crippen molar-refractivity contribution >= 4 is 11.9 Å². The molecule has 138 valence electrons. The molecule has 0 atom stereocenters. The van der Waals surface area contributed by atoms with Crippen molar-refractivity contribution in [2.45, 2.75) is 26.3 Å². The van der Waals surface area contributed by atoms with Gasteiger partial charge in [-0.05, 0) is 31.0 Å². The van der Waals surface area contributed by atoms with Crippen molar-refractivity contribution in [1.82, 2.24) is 4.57 Å². The molecule has 0 aliphatic carbocycles. The number of esters is 1. The van der Waals surface area contributed by atoms with Crippen molar-refractivity contribution < 1.29 is 19.1 Å². The molecule has 0 spiro atoms. The first-order valence-electron chi connectivity index (χ1n) is 8.28. The van der Waals surface area contributed by atoms with Gasteiger partial charge in [0.2, 0.25) is 0 Å². The second-order valence-corrected chi connectivity index (χ2v) is 5.85. The van der Waals surface area contributed by atoms with Crippen LogP contribution < -0.4 is 10.5 Å². The Morgan fingerprint density at radius 1 is 1.23 bits per heavy atom. The average Bonchev–Trinajstić information content (AvgIpc) is 2.92. The number of aromatic nitrogens is 1. The molecule has 0 aliphatic rings. The van der Waals surface area contributed by atoms with Gasteiger partial charge >= 0.3 is 5.97 Å². The minimum absolute atomic E-state index is 0.207. The van der Waals surface area contributed by atoms with Crippen LogP contribution in [-0.2, 0) is 22.5 Å². The zero-order valence-corrected chi connectivity index (χ0v) is 15.4. The third-order valence-corrected chi connectivity index (χ3v) is 4.36. The van der Waals surface area contributed by atoms with Crippen LogP contribution in [0.5, 0.6) is 5.75 Å². The predicted molar refractivity (Wildman–Crippen MR) is 100 cm³/mol. The molecule has 0 radical (unpaired) electrons. The van der Waals surface area contributed by atoms with E-state index < -0.39 is 5.91 Å². The van der Waals surface area contributed by atoms with E-state index in [1.54, 1.807) is 13.2 Å². The molecule has 6 heteroatoms. The Bertz CT molecular complexity index is 819. The topological polar surface area (TPSA) is 83.5 Å². The summed E-state index contributed by atoms with van der Waals surface area (Å²) in [5.74, 6) is -0.0986. The molecule has 1 heterocycles. The summed E-state index contributed by atoms with van der Waals surface area (Å²) in [5, 5.41) is 0. The standard InChI is InChI=1S/C20H24N2O4/c1-5-12-22-13(2)18(20(21)24)19(16(22)10-11-17(23)26-4)14-6-8-15(25-3)9-7-14/h5-9H,1,10-12H2,2-4H3,(H2,21,24). The number of nitrogens with two attached hydrogens (primary N) is 1. The number of hydrogen-bond acceptors (Lipinski definition) is 4. The lowest BCUT2D eigenvalue weighted by Gasteiger charge is -2.11. The zero-order valence-electron chi connectivity index (χ0n) is 15.4. The van der Waals surface area contributed by atoms with E-state index >= 15 is 0 Å². The maximum Gasteiger partial charge on any atom is 0.305 e. The molecule has 1 aromatic heterocycles. The summed E-state index contributed by atoms with van der Waals surface area (Å²) < 4.78 is 11.9. The predicted octanol–water partition coefficient (Wildman–Crippen LogP) is 2.86. The smallest absolute Gasteiger partial charge is 0.305 e. The highest BCUT2D eigenvalue weighted by atomic mass is 16.5. The molecule has 0 fully saturated rings. The molecule has 0 aliphatic heterocycles. The zero-order chi connectivity index (χ0) is 19.3. The highest BCUT2D eigenvalue weighted by molar-refractivity contribution is 6.02. The minimum Gasteiger partial charge on any atom is -0.497 e. The van der Waals surface area contributed by atoms with E-state index in [1.165, 1.54) is 7.11 Å². The van der Waals surface area contributed by atoms with Gasteiger partial charge in [-0.1, -0.05) is 18.2 Å². The Balaban J connectivity index is 2.67. The number of nitrogens with zero attached hydrogens (tertiary/aromatic N) is 1. The summed E-state index contributed by atoms with van der Waals surface area (Å²) in [4.78, 5) is 23.8. The molecule has 0 bridgehead atoms. The van der Waals surface area contributed by atoms with Crippen LogP contribution >= 0.6 is 0 Å². The highest BCUT2D eigenvalue weighted by Gasteiger charge is 2.24. The van der Waals surface area contributed by atoms with Gasteiger partial charge in [0.1, 0.15) is 5.75 Å². The lowest BCUT2D eigenvalue weighted by Crippen LogP contribution is -2.13. The molecule has 6 nitrogen and oxygen atoms in total. The van der Waals surface area contributed by atoms with E-state index in [-0.39, 0.29) is 12.4 Å². The fourth-order valence-electron chi connectivity index (χ4n) is 3.13. The molecule has 0 unspecified atom stereocenters. The Morgan fingerprint density at radius 3 is 2.38 bits per heavy atom. The molecule has 2 aromatic rings. The Morgan fingerprint density at radius 2 is 1.88 bits per heavy atom. The van der Waals surface area contributed by atoms with Gasteiger partial charge in [0.05, 0.1) is 26.2 Å². The van der Waals surface area contributed by atoms with E-state index in [0.717, 1.165) is 22.5 Å². The van der Waals surface area contributed by atoms with Gasteiger partial charge in [0, 0.05) is 23.5 Å². The summed E-state index contributed by atoms with van der Waals surface area (Å²) in [6, 6.07) is 7.40. The first-order valence-corrected chi connectivity index (χ1v) is 8.28. The van der Waals surface area contributed by atoms with Crippen molar-refractivity contribution in [3.63, 3.8) is 0 Å². The number of benzene rings is 1. The van der Waals surface area contributed by atoms with Crippen molar-refractivity contribution in [3.8, 4) is 16.9 Å². The normalized spacial score (nSPS) is 10.4. The number of methoxy groups -OCH3 is 2. The molecule has 1 amide bonds. The van der Waals surface area contributed by atoms with Gasteiger partial charge in [0.15, 0.2) is 0 Å². The largest absolute Gasteiger partial charge is 0.497 e. The van der Waals surface area contributed by atoms with Crippen LogP contribution in [0.25, 0.3) is 11.1 Å². The third-order valence-electron chi connectivity index (χ3n) is 4.36. The maximum absolute atomic E-state index is 12.2. The highest BCUT2D eigenvalue weighted by Crippen LogP contribution is 2.34. The number of rotatable bonds is 8. The van der Waals surface area contributed by atoms with Crippen molar-refractivity contribution in [2.75, 3.05) is 14.2 Å². The number of carbonyl (C=O) groups is 2. The van der Waals surface area contributed by atoms with Gasteiger partial charge in [0.25, 0.3) is 5.91 Å². The first kappa shape index (κ1) is 19.3. The number of allylic oxidation sites excluding steroid dienone is 1. The van der Waals surface area contributed by atoms with Crippen LogP contribution in [0.4, 0.5) is 0 Å². The van der Waals surface area contributed by atoms with Gasteiger partial charge < -0.3 is 19.8 Å². The summed E-state index contributed by atoms with van der Waals surface area (Å²) >= 11 is 0. The second-order valence-electron chi connectivity index (χ2n) is 5.85. The number of carbonyl (C=O) groups excluding carboxylic acids is 2. The molecule has 0 saturated heterocycles.